The van der Waals surface area contributed by atoms with Crippen LogP contribution in [0.1, 0.15) is 23.6 Å². The number of aryl methyl sites for hydroxylation is 1. The third kappa shape index (κ3) is 3.54. The smallest absolute Gasteiger partial charge is 0.260 e. The van der Waals surface area contributed by atoms with E-state index in [1.54, 1.807) is 0 Å². The first-order valence-electron chi connectivity index (χ1n) is 9.09. The van der Waals surface area contributed by atoms with E-state index in [4.69, 9.17) is 4.74 Å². The molecule has 2 aromatic carbocycles. The van der Waals surface area contributed by atoms with Crippen molar-refractivity contribution in [3.05, 3.63) is 65.7 Å². The van der Waals surface area contributed by atoms with E-state index in [0.717, 1.165) is 31.9 Å². The van der Waals surface area contributed by atoms with Gasteiger partial charge in [0.25, 0.3) is 5.91 Å². The molecular weight excluding hydrogens is 312 g/mol. The fourth-order valence-corrected chi connectivity index (χ4v) is 3.95. The highest BCUT2D eigenvalue weighted by molar-refractivity contribution is 5.77. The van der Waals surface area contributed by atoms with Crippen LogP contribution < -0.4 is 4.74 Å². The number of amides is 1. The summed E-state index contributed by atoms with van der Waals surface area (Å²) in [6.45, 7) is 3.58. The Labute approximate surface area is 149 Å². The summed E-state index contributed by atoms with van der Waals surface area (Å²) in [7, 11) is 0. The summed E-state index contributed by atoms with van der Waals surface area (Å²) in [5, 5.41) is 0. The number of piperazine rings is 1. The molecule has 1 saturated heterocycles. The number of carbonyl (C=O) groups is 1. The van der Waals surface area contributed by atoms with E-state index in [0.29, 0.717) is 6.04 Å². The Hall–Kier alpha value is -2.33. The molecule has 1 atom stereocenters. The van der Waals surface area contributed by atoms with Crippen molar-refractivity contribution >= 4 is 5.91 Å². The summed E-state index contributed by atoms with van der Waals surface area (Å²) in [4.78, 5) is 16.8. The van der Waals surface area contributed by atoms with Gasteiger partial charge < -0.3 is 9.64 Å². The lowest BCUT2D eigenvalue weighted by atomic mass is 10.1. The second-order valence-electron chi connectivity index (χ2n) is 6.77. The number of carbonyl (C=O) groups excluding carboxylic acids is 1. The molecule has 1 fully saturated rings. The van der Waals surface area contributed by atoms with Gasteiger partial charge in [0.05, 0.1) is 0 Å². The predicted octanol–water partition coefficient (Wildman–Crippen LogP) is 2.90. The van der Waals surface area contributed by atoms with Crippen LogP contribution in [0, 0.1) is 0 Å². The van der Waals surface area contributed by atoms with Crippen molar-refractivity contribution in [2.45, 2.75) is 18.9 Å². The zero-order valence-electron chi connectivity index (χ0n) is 14.4. The highest BCUT2D eigenvalue weighted by Gasteiger charge is 2.31. The molecule has 2 aliphatic rings. The quantitative estimate of drug-likeness (QED) is 0.861. The molecule has 0 radical (unpaired) electrons. The molecular formula is C21H24N2O2. The van der Waals surface area contributed by atoms with Crippen LogP contribution in [0.3, 0.4) is 0 Å². The highest BCUT2D eigenvalue weighted by atomic mass is 16.5. The first-order chi connectivity index (χ1) is 12.3. The largest absolute Gasteiger partial charge is 0.484 e. The Kier molecular flexibility index (Phi) is 4.70. The number of hydrogen-bond acceptors (Lipinski definition) is 3. The molecule has 0 N–H and O–H groups in total. The number of hydrogen-bond donors (Lipinski definition) is 0. The molecule has 1 unspecified atom stereocenters. The van der Waals surface area contributed by atoms with Crippen LogP contribution in [0.15, 0.2) is 54.6 Å². The van der Waals surface area contributed by atoms with E-state index >= 15 is 0 Å². The fraction of sp³-hybridized carbons (Fsp3) is 0.381. The summed E-state index contributed by atoms with van der Waals surface area (Å²) in [5.41, 5.74) is 2.97. The molecule has 25 heavy (non-hydrogen) atoms. The number of para-hydroxylation sites is 1. The maximum Gasteiger partial charge on any atom is 0.260 e. The van der Waals surface area contributed by atoms with E-state index in [-0.39, 0.29) is 12.5 Å². The van der Waals surface area contributed by atoms with Gasteiger partial charge in [0.1, 0.15) is 5.75 Å². The Morgan fingerprint density at radius 3 is 2.48 bits per heavy atom. The molecule has 0 spiro atoms. The van der Waals surface area contributed by atoms with E-state index in [1.807, 2.05) is 35.2 Å². The van der Waals surface area contributed by atoms with Crippen LogP contribution >= 0.6 is 0 Å². The minimum atomic E-state index is 0.0790. The molecule has 4 nitrogen and oxygen atoms in total. The Morgan fingerprint density at radius 2 is 1.68 bits per heavy atom. The van der Waals surface area contributed by atoms with Gasteiger partial charge in [-0.2, -0.15) is 0 Å². The maximum atomic E-state index is 12.4. The summed E-state index contributed by atoms with van der Waals surface area (Å²) in [6.07, 6.45) is 2.37. The molecule has 0 bridgehead atoms. The average molecular weight is 336 g/mol. The number of ether oxygens (including phenoxy) is 1. The summed E-state index contributed by atoms with van der Waals surface area (Å²) in [5.74, 6) is 0.826. The standard InChI is InChI=1S/C21H24N2O2/c24-21(16-25-18-7-2-1-3-8-18)23-14-12-22(13-15-23)20-11-10-17-6-4-5-9-19(17)20/h1-9,20H,10-16H2. The molecule has 1 aliphatic heterocycles. The molecule has 0 aromatic heterocycles. The highest BCUT2D eigenvalue weighted by Crippen LogP contribution is 2.35. The Morgan fingerprint density at radius 1 is 0.960 bits per heavy atom. The van der Waals surface area contributed by atoms with Crippen molar-refractivity contribution < 1.29 is 9.53 Å². The van der Waals surface area contributed by atoms with Crippen LogP contribution in [0.25, 0.3) is 0 Å². The van der Waals surface area contributed by atoms with Gasteiger partial charge in [-0.15, -0.1) is 0 Å². The zero-order valence-corrected chi connectivity index (χ0v) is 14.4. The first kappa shape index (κ1) is 16.2. The number of nitrogens with zero attached hydrogens (tertiary/aromatic N) is 2. The molecule has 130 valence electrons. The van der Waals surface area contributed by atoms with Crippen LogP contribution in [0.5, 0.6) is 5.75 Å². The van der Waals surface area contributed by atoms with Gasteiger partial charge in [-0.25, -0.2) is 0 Å². The normalized spacial score (nSPS) is 20.3. The van der Waals surface area contributed by atoms with Gasteiger partial charge in [0, 0.05) is 32.2 Å². The summed E-state index contributed by atoms with van der Waals surface area (Å²) >= 11 is 0. The van der Waals surface area contributed by atoms with Gasteiger partial charge in [0.15, 0.2) is 6.61 Å². The van der Waals surface area contributed by atoms with Gasteiger partial charge in [-0.3, -0.25) is 9.69 Å². The lowest BCUT2D eigenvalue weighted by Crippen LogP contribution is -2.50. The molecule has 0 saturated carbocycles. The third-order valence-electron chi connectivity index (χ3n) is 5.31. The van der Waals surface area contributed by atoms with Gasteiger partial charge in [0.2, 0.25) is 0 Å². The van der Waals surface area contributed by atoms with Crippen LogP contribution in [-0.2, 0) is 11.2 Å². The average Bonchev–Trinajstić information content (AvgIpc) is 3.11. The minimum absolute atomic E-state index is 0.0790. The van der Waals surface area contributed by atoms with E-state index < -0.39 is 0 Å². The number of fused-ring (bicyclic) bond motifs is 1. The predicted molar refractivity (Wildman–Crippen MR) is 97.6 cm³/mol. The molecule has 1 amide bonds. The molecule has 4 heteroatoms. The van der Waals surface area contributed by atoms with Crippen molar-refractivity contribution in [1.29, 1.82) is 0 Å². The molecule has 2 aromatic rings. The van der Waals surface area contributed by atoms with Crippen LogP contribution in [-0.4, -0.2) is 48.5 Å². The second kappa shape index (κ2) is 7.28. The lowest BCUT2D eigenvalue weighted by molar-refractivity contribution is -0.135. The van der Waals surface area contributed by atoms with Crippen molar-refractivity contribution in [3.8, 4) is 5.75 Å². The topological polar surface area (TPSA) is 32.8 Å². The van der Waals surface area contributed by atoms with Gasteiger partial charge in [-0.1, -0.05) is 42.5 Å². The van der Waals surface area contributed by atoms with Crippen molar-refractivity contribution in [3.63, 3.8) is 0 Å². The van der Waals surface area contributed by atoms with Gasteiger partial charge >= 0.3 is 0 Å². The molecule has 4 rings (SSSR count). The van der Waals surface area contributed by atoms with Crippen molar-refractivity contribution in [1.82, 2.24) is 9.80 Å². The molecule has 1 aliphatic carbocycles. The van der Waals surface area contributed by atoms with Gasteiger partial charge in [-0.05, 0) is 36.1 Å². The monoisotopic (exact) mass is 336 g/mol. The maximum absolute atomic E-state index is 12.4. The zero-order chi connectivity index (χ0) is 17.1. The summed E-state index contributed by atoms with van der Waals surface area (Å²) < 4.78 is 5.59. The van der Waals surface area contributed by atoms with Crippen molar-refractivity contribution in [2.75, 3.05) is 32.8 Å². The number of benzene rings is 2. The third-order valence-corrected chi connectivity index (χ3v) is 5.31. The fourth-order valence-electron chi connectivity index (χ4n) is 3.95. The lowest BCUT2D eigenvalue weighted by Gasteiger charge is -2.38. The second-order valence-corrected chi connectivity index (χ2v) is 6.77. The van der Waals surface area contributed by atoms with Crippen LogP contribution in [0.4, 0.5) is 0 Å². The van der Waals surface area contributed by atoms with E-state index in [2.05, 4.69) is 29.2 Å². The minimum Gasteiger partial charge on any atom is -0.484 e. The van der Waals surface area contributed by atoms with E-state index in [9.17, 15) is 4.79 Å². The Balaban J connectivity index is 1.29. The molecule has 1 heterocycles. The van der Waals surface area contributed by atoms with Crippen molar-refractivity contribution in [2.24, 2.45) is 0 Å². The van der Waals surface area contributed by atoms with Crippen LogP contribution in [0.2, 0.25) is 0 Å². The van der Waals surface area contributed by atoms with E-state index in [1.165, 1.54) is 24.0 Å². The number of rotatable bonds is 4. The summed E-state index contributed by atoms with van der Waals surface area (Å²) in [6, 6.07) is 18.8. The Bertz CT molecular complexity index is 724. The SMILES string of the molecule is O=C(COc1ccccc1)N1CCN(C2CCc3ccccc32)CC1. The first-order valence-corrected chi connectivity index (χ1v) is 9.09.